The Bertz CT molecular complexity index is 540. The molecule has 0 saturated heterocycles. The summed E-state index contributed by atoms with van der Waals surface area (Å²) in [6.07, 6.45) is -0.0765. The van der Waals surface area contributed by atoms with Gasteiger partial charge in [0.25, 0.3) is 0 Å². The summed E-state index contributed by atoms with van der Waals surface area (Å²) in [5.74, 6) is -1.24. The predicted molar refractivity (Wildman–Crippen MR) is 68.7 cm³/mol. The summed E-state index contributed by atoms with van der Waals surface area (Å²) < 4.78 is 27.2. The minimum atomic E-state index is -1.26. The van der Waals surface area contributed by atoms with Gasteiger partial charge in [-0.1, -0.05) is 6.07 Å². The molecule has 0 radical (unpaired) electrons. The van der Waals surface area contributed by atoms with E-state index in [1.165, 1.54) is 29.5 Å². The van der Waals surface area contributed by atoms with Crippen LogP contribution in [0.5, 0.6) is 0 Å². The van der Waals surface area contributed by atoms with Gasteiger partial charge in [-0.05, 0) is 43.0 Å². The lowest BCUT2D eigenvalue weighted by Crippen LogP contribution is -2.25. The molecule has 1 N–H and O–H groups in total. The monoisotopic (exact) mass is 268 g/mol. The third kappa shape index (κ3) is 2.44. The molecule has 1 aromatic carbocycles. The Kier molecular flexibility index (Phi) is 3.50. The molecule has 0 aliphatic carbocycles. The Morgan fingerprint density at radius 2 is 1.83 bits per heavy atom. The first-order valence-corrected chi connectivity index (χ1v) is 6.49. The quantitative estimate of drug-likeness (QED) is 0.898. The minimum absolute atomic E-state index is 0.0738. The third-order valence-corrected chi connectivity index (χ3v) is 4.20. The van der Waals surface area contributed by atoms with E-state index in [0.29, 0.717) is 0 Å². The molecular formula is C14H14F2OS. The molecule has 2 rings (SSSR count). The summed E-state index contributed by atoms with van der Waals surface area (Å²) in [6.45, 7) is 3.45. The molecule has 0 fully saturated rings. The lowest BCUT2D eigenvalue weighted by Gasteiger charge is -2.23. The average molecular weight is 268 g/mol. The van der Waals surface area contributed by atoms with Gasteiger partial charge in [-0.3, -0.25) is 0 Å². The maximum absolute atomic E-state index is 13.6. The highest BCUT2D eigenvalue weighted by Gasteiger charge is 2.29. The van der Waals surface area contributed by atoms with Gasteiger partial charge in [0.1, 0.15) is 17.2 Å². The Hall–Kier alpha value is -1.26. The first-order chi connectivity index (χ1) is 8.42. The van der Waals surface area contributed by atoms with Crippen molar-refractivity contribution < 1.29 is 13.9 Å². The molecule has 4 heteroatoms. The van der Waals surface area contributed by atoms with Gasteiger partial charge in [0.05, 0.1) is 0 Å². The van der Waals surface area contributed by atoms with Gasteiger partial charge in [0.2, 0.25) is 0 Å². The smallest absolute Gasteiger partial charge is 0.129 e. The molecule has 18 heavy (non-hydrogen) atoms. The number of rotatable bonds is 3. The molecule has 0 aliphatic heterocycles. The molecule has 0 saturated carbocycles. The maximum Gasteiger partial charge on any atom is 0.129 e. The fraction of sp³-hybridized carbons (Fsp3) is 0.286. The first kappa shape index (κ1) is 13.2. The van der Waals surface area contributed by atoms with E-state index >= 15 is 0 Å². The van der Waals surface area contributed by atoms with Gasteiger partial charge in [-0.15, -0.1) is 11.3 Å². The SMILES string of the molecule is Cc1ccsc1C(C)(O)Cc1c(F)cccc1F. The molecule has 0 spiro atoms. The van der Waals surface area contributed by atoms with Crippen molar-refractivity contribution in [1.82, 2.24) is 0 Å². The number of benzene rings is 1. The van der Waals surface area contributed by atoms with Crippen LogP contribution >= 0.6 is 11.3 Å². The van der Waals surface area contributed by atoms with Crippen LogP contribution in [0.4, 0.5) is 8.78 Å². The highest BCUT2D eigenvalue weighted by molar-refractivity contribution is 7.10. The van der Waals surface area contributed by atoms with Gasteiger partial charge in [0.15, 0.2) is 0 Å². The molecule has 1 unspecified atom stereocenters. The Balaban J connectivity index is 2.36. The van der Waals surface area contributed by atoms with E-state index in [9.17, 15) is 13.9 Å². The van der Waals surface area contributed by atoms with Crippen LogP contribution in [-0.4, -0.2) is 5.11 Å². The summed E-state index contributed by atoms with van der Waals surface area (Å²) in [7, 11) is 0. The Morgan fingerprint density at radius 1 is 1.22 bits per heavy atom. The number of aryl methyl sites for hydroxylation is 1. The van der Waals surface area contributed by atoms with Crippen molar-refractivity contribution in [2.75, 3.05) is 0 Å². The molecule has 0 aliphatic rings. The number of aliphatic hydroxyl groups is 1. The molecule has 0 amide bonds. The van der Waals surface area contributed by atoms with E-state index < -0.39 is 17.2 Å². The summed E-state index contributed by atoms with van der Waals surface area (Å²) in [4.78, 5) is 0.741. The largest absolute Gasteiger partial charge is 0.384 e. The Morgan fingerprint density at radius 3 is 2.33 bits per heavy atom. The fourth-order valence-electron chi connectivity index (χ4n) is 2.05. The van der Waals surface area contributed by atoms with Crippen molar-refractivity contribution in [3.63, 3.8) is 0 Å². The molecule has 1 aromatic heterocycles. The zero-order chi connectivity index (χ0) is 13.3. The molecular weight excluding hydrogens is 254 g/mol. The van der Waals surface area contributed by atoms with Gasteiger partial charge in [-0.2, -0.15) is 0 Å². The number of hydrogen-bond donors (Lipinski definition) is 1. The minimum Gasteiger partial charge on any atom is -0.384 e. The van der Waals surface area contributed by atoms with Crippen molar-refractivity contribution in [2.45, 2.75) is 25.9 Å². The van der Waals surface area contributed by atoms with Crippen LogP contribution < -0.4 is 0 Å². The van der Waals surface area contributed by atoms with Crippen LogP contribution in [0.15, 0.2) is 29.6 Å². The lowest BCUT2D eigenvalue weighted by atomic mass is 9.92. The normalized spacial score (nSPS) is 14.5. The second-order valence-corrected chi connectivity index (χ2v) is 5.50. The average Bonchev–Trinajstić information content (AvgIpc) is 2.71. The predicted octanol–water partition coefficient (Wildman–Crippen LogP) is 3.78. The highest BCUT2D eigenvalue weighted by atomic mass is 32.1. The van der Waals surface area contributed by atoms with E-state index in [4.69, 9.17) is 0 Å². The number of halogens is 2. The van der Waals surface area contributed by atoms with Gasteiger partial charge in [-0.25, -0.2) is 8.78 Å². The highest BCUT2D eigenvalue weighted by Crippen LogP contribution is 2.33. The summed E-state index contributed by atoms with van der Waals surface area (Å²) in [5, 5.41) is 12.3. The summed E-state index contributed by atoms with van der Waals surface area (Å²) >= 11 is 1.39. The maximum atomic E-state index is 13.6. The van der Waals surface area contributed by atoms with E-state index in [0.717, 1.165) is 10.4 Å². The Labute approximate surface area is 109 Å². The second-order valence-electron chi connectivity index (χ2n) is 4.58. The molecule has 1 nitrogen and oxygen atoms in total. The van der Waals surface area contributed by atoms with E-state index in [-0.39, 0.29) is 12.0 Å². The van der Waals surface area contributed by atoms with Crippen molar-refractivity contribution in [2.24, 2.45) is 0 Å². The van der Waals surface area contributed by atoms with E-state index in [1.807, 2.05) is 18.4 Å². The van der Waals surface area contributed by atoms with E-state index in [2.05, 4.69) is 0 Å². The summed E-state index contributed by atoms with van der Waals surface area (Å²) in [5.41, 5.74) is -0.404. The van der Waals surface area contributed by atoms with Gasteiger partial charge >= 0.3 is 0 Å². The molecule has 1 atom stereocenters. The van der Waals surface area contributed by atoms with Crippen LogP contribution in [0.25, 0.3) is 0 Å². The van der Waals surface area contributed by atoms with Crippen molar-refractivity contribution in [1.29, 1.82) is 0 Å². The van der Waals surface area contributed by atoms with Gasteiger partial charge in [0, 0.05) is 16.9 Å². The number of thiophene rings is 1. The zero-order valence-corrected chi connectivity index (χ0v) is 11.0. The molecule has 1 heterocycles. The third-order valence-electron chi connectivity index (χ3n) is 2.93. The first-order valence-electron chi connectivity index (χ1n) is 5.61. The van der Waals surface area contributed by atoms with Crippen molar-refractivity contribution in [3.05, 3.63) is 57.3 Å². The topological polar surface area (TPSA) is 20.2 Å². The lowest BCUT2D eigenvalue weighted by molar-refractivity contribution is 0.0589. The van der Waals surface area contributed by atoms with Crippen molar-refractivity contribution in [3.8, 4) is 0 Å². The second kappa shape index (κ2) is 4.78. The fourth-order valence-corrected chi connectivity index (χ4v) is 3.04. The van der Waals surface area contributed by atoms with Crippen molar-refractivity contribution >= 4 is 11.3 Å². The molecule has 0 bridgehead atoms. The van der Waals surface area contributed by atoms with Gasteiger partial charge < -0.3 is 5.11 Å². The van der Waals surface area contributed by atoms with Crippen LogP contribution in [0.1, 0.15) is 22.9 Å². The molecule has 2 aromatic rings. The van der Waals surface area contributed by atoms with Crippen LogP contribution in [0.3, 0.4) is 0 Å². The zero-order valence-electron chi connectivity index (χ0n) is 10.2. The van der Waals surface area contributed by atoms with E-state index in [1.54, 1.807) is 6.92 Å². The number of hydrogen-bond acceptors (Lipinski definition) is 2. The molecule has 96 valence electrons. The summed E-state index contributed by atoms with van der Waals surface area (Å²) in [6, 6.07) is 5.61. The van der Waals surface area contributed by atoms with Crippen LogP contribution in [0.2, 0.25) is 0 Å². The standard InChI is InChI=1S/C14H14F2OS/c1-9-6-7-18-13(9)14(2,17)8-10-11(15)4-3-5-12(10)16/h3-7,17H,8H2,1-2H3. The van der Waals surface area contributed by atoms with Crippen LogP contribution in [0, 0.1) is 18.6 Å². The van der Waals surface area contributed by atoms with Crippen LogP contribution in [-0.2, 0) is 12.0 Å².